The van der Waals surface area contributed by atoms with Crippen LogP contribution in [0.15, 0.2) is 18.2 Å². The lowest BCUT2D eigenvalue weighted by atomic mass is 9.82. The van der Waals surface area contributed by atoms with E-state index >= 15 is 0 Å². The number of halogens is 1. The molecule has 1 nitrogen and oxygen atoms in total. The Morgan fingerprint density at radius 3 is 2.07 bits per heavy atom. The fourth-order valence-corrected chi connectivity index (χ4v) is 4.35. The Morgan fingerprint density at radius 1 is 0.793 bits per heavy atom. The van der Waals surface area contributed by atoms with E-state index in [1.165, 1.54) is 89.5 Å². The number of aryl methyl sites for hydroxylation is 1. The number of hydrogen-bond donors (Lipinski definition) is 0. The standard InChI is InChI=1S/C27H47FO/c1-5-7-9-11-12-14-19-25(23(3)17-13-10-8-6-2)20-16-22-29-27-24(4)18-15-21-26(27)28/h15,18,21,23,25H,5-14,16-17,19-20,22H2,1-4H3. The number of unbranched alkanes of at least 4 members (excludes halogenated alkanes) is 8. The van der Waals surface area contributed by atoms with Crippen LogP contribution in [0.4, 0.5) is 4.39 Å². The van der Waals surface area contributed by atoms with Crippen molar-refractivity contribution in [2.45, 2.75) is 118 Å². The van der Waals surface area contributed by atoms with Crippen molar-refractivity contribution in [3.63, 3.8) is 0 Å². The monoisotopic (exact) mass is 406 g/mol. The fraction of sp³-hybridized carbons (Fsp3) is 0.778. The second-order valence-electron chi connectivity index (χ2n) is 9.02. The molecule has 1 aromatic rings. The maximum atomic E-state index is 13.9. The van der Waals surface area contributed by atoms with Gasteiger partial charge in [0.05, 0.1) is 6.61 Å². The molecule has 0 aliphatic rings. The highest BCUT2D eigenvalue weighted by Gasteiger charge is 2.17. The van der Waals surface area contributed by atoms with Crippen LogP contribution in [0.3, 0.4) is 0 Å². The predicted molar refractivity (Wildman–Crippen MR) is 125 cm³/mol. The molecular formula is C27H47FO. The van der Waals surface area contributed by atoms with Gasteiger partial charge in [-0.2, -0.15) is 0 Å². The quantitative estimate of drug-likeness (QED) is 0.221. The summed E-state index contributed by atoms with van der Waals surface area (Å²) in [5.74, 6) is 1.77. The highest BCUT2D eigenvalue weighted by atomic mass is 19.1. The lowest BCUT2D eigenvalue weighted by Crippen LogP contribution is -2.14. The van der Waals surface area contributed by atoms with Gasteiger partial charge in [0.25, 0.3) is 0 Å². The lowest BCUT2D eigenvalue weighted by molar-refractivity contribution is 0.238. The van der Waals surface area contributed by atoms with Crippen LogP contribution in [-0.4, -0.2) is 6.61 Å². The number of hydrogen-bond acceptors (Lipinski definition) is 1. The summed E-state index contributed by atoms with van der Waals surface area (Å²) in [7, 11) is 0. The van der Waals surface area contributed by atoms with Gasteiger partial charge in [-0.05, 0) is 43.2 Å². The van der Waals surface area contributed by atoms with E-state index in [1.54, 1.807) is 6.07 Å². The van der Waals surface area contributed by atoms with E-state index in [0.29, 0.717) is 12.4 Å². The van der Waals surface area contributed by atoms with Crippen molar-refractivity contribution in [3.8, 4) is 5.75 Å². The largest absolute Gasteiger partial charge is 0.490 e. The molecule has 1 rings (SSSR count). The van der Waals surface area contributed by atoms with Gasteiger partial charge >= 0.3 is 0 Å². The summed E-state index contributed by atoms with van der Waals surface area (Å²) < 4.78 is 19.7. The van der Waals surface area contributed by atoms with Crippen LogP contribution in [0.2, 0.25) is 0 Å². The van der Waals surface area contributed by atoms with Gasteiger partial charge in [-0.15, -0.1) is 0 Å². The van der Waals surface area contributed by atoms with Gasteiger partial charge in [0, 0.05) is 0 Å². The summed E-state index contributed by atoms with van der Waals surface area (Å²) in [6.07, 6.45) is 18.6. The molecule has 0 aliphatic carbocycles. The van der Waals surface area contributed by atoms with Crippen LogP contribution in [0.1, 0.15) is 116 Å². The molecule has 2 atom stereocenters. The third kappa shape index (κ3) is 11.6. The second-order valence-corrected chi connectivity index (χ2v) is 9.02. The number of rotatable bonds is 18. The summed E-state index contributed by atoms with van der Waals surface area (Å²) in [6, 6.07) is 5.15. The van der Waals surface area contributed by atoms with Gasteiger partial charge in [-0.3, -0.25) is 0 Å². The second kappa shape index (κ2) is 16.7. The van der Waals surface area contributed by atoms with Crippen molar-refractivity contribution in [1.82, 2.24) is 0 Å². The Labute approximate surface area is 180 Å². The minimum absolute atomic E-state index is 0.238. The van der Waals surface area contributed by atoms with E-state index in [-0.39, 0.29) is 5.82 Å². The first kappa shape index (κ1) is 26.0. The molecule has 0 radical (unpaired) electrons. The molecule has 0 spiro atoms. The Balaban J connectivity index is 2.40. The van der Waals surface area contributed by atoms with Gasteiger partial charge in [0.15, 0.2) is 11.6 Å². The Bertz CT molecular complexity index is 493. The first-order valence-electron chi connectivity index (χ1n) is 12.5. The summed E-state index contributed by atoms with van der Waals surface area (Å²) in [6.45, 7) is 9.55. The molecule has 0 N–H and O–H groups in total. The minimum Gasteiger partial charge on any atom is -0.490 e. The average molecular weight is 407 g/mol. The Kier molecular flexibility index (Phi) is 15.0. The third-order valence-electron chi connectivity index (χ3n) is 6.38. The molecule has 1 aromatic carbocycles. The molecule has 0 aliphatic heterocycles. The number of benzene rings is 1. The zero-order valence-electron chi connectivity index (χ0n) is 19.8. The van der Waals surface area contributed by atoms with E-state index in [0.717, 1.165) is 23.8 Å². The van der Waals surface area contributed by atoms with Gasteiger partial charge in [0.1, 0.15) is 0 Å². The molecule has 0 saturated heterocycles. The van der Waals surface area contributed by atoms with Crippen LogP contribution in [0, 0.1) is 24.6 Å². The summed E-state index contributed by atoms with van der Waals surface area (Å²) in [4.78, 5) is 0. The summed E-state index contributed by atoms with van der Waals surface area (Å²) in [5.41, 5.74) is 0.887. The SMILES string of the molecule is CCCCCCCCC(CCCOc1c(C)cccc1F)C(C)CCCCCC. The molecule has 0 fully saturated rings. The molecule has 0 aromatic heterocycles. The highest BCUT2D eigenvalue weighted by molar-refractivity contribution is 5.33. The molecular weight excluding hydrogens is 359 g/mol. The smallest absolute Gasteiger partial charge is 0.165 e. The van der Waals surface area contributed by atoms with E-state index in [9.17, 15) is 4.39 Å². The predicted octanol–water partition coefficient (Wildman–Crippen LogP) is 9.27. The average Bonchev–Trinajstić information content (AvgIpc) is 2.71. The first-order valence-corrected chi connectivity index (χ1v) is 12.5. The van der Waals surface area contributed by atoms with Crippen molar-refractivity contribution in [1.29, 1.82) is 0 Å². The Morgan fingerprint density at radius 2 is 1.38 bits per heavy atom. The van der Waals surface area contributed by atoms with Crippen molar-refractivity contribution in [2.24, 2.45) is 11.8 Å². The summed E-state index contributed by atoms with van der Waals surface area (Å²) >= 11 is 0. The summed E-state index contributed by atoms with van der Waals surface area (Å²) in [5, 5.41) is 0. The molecule has 2 unspecified atom stereocenters. The highest BCUT2D eigenvalue weighted by Crippen LogP contribution is 2.29. The molecule has 0 bridgehead atoms. The normalized spacial score (nSPS) is 13.4. The van der Waals surface area contributed by atoms with Crippen LogP contribution in [0.5, 0.6) is 5.75 Å². The molecule has 0 amide bonds. The van der Waals surface area contributed by atoms with Crippen LogP contribution in [0.25, 0.3) is 0 Å². The van der Waals surface area contributed by atoms with E-state index < -0.39 is 0 Å². The maximum absolute atomic E-state index is 13.9. The van der Waals surface area contributed by atoms with Crippen molar-refractivity contribution in [2.75, 3.05) is 6.61 Å². The molecule has 29 heavy (non-hydrogen) atoms. The van der Waals surface area contributed by atoms with E-state index in [4.69, 9.17) is 4.74 Å². The van der Waals surface area contributed by atoms with Gasteiger partial charge in [0.2, 0.25) is 0 Å². The zero-order chi connectivity index (χ0) is 21.3. The van der Waals surface area contributed by atoms with Gasteiger partial charge < -0.3 is 4.74 Å². The van der Waals surface area contributed by atoms with Gasteiger partial charge in [-0.25, -0.2) is 4.39 Å². The molecule has 168 valence electrons. The lowest BCUT2D eigenvalue weighted by Gasteiger charge is -2.24. The van der Waals surface area contributed by atoms with Gasteiger partial charge in [-0.1, -0.05) is 110 Å². The number of para-hydroxylation sites is 1. The van der Waals surface area contributed by atoms with E-state index in [2.05, 4.69) is 20.8 Å². The van der Waals surface area contributed by atoms with Crippen molar-refractivity contribution < 1.29 is 9.13 Å². The van der Waals surface area contributed by atoms with Crippen molar-refractivity contribution in [3.05, 3.63) is 29.6 Å². The maximum Gasteiger partial charge on any atom is 0.165 e. The fourth-order valence-electron chi connectivity index (χ4n) is 4.35. The molecule has 0 heterocycles. The van der Waals surface area contributed by atoms with Crippen LogP contribution < -0.4 is 4.74 Å². The molecule has 2 heteroatoms. The number of ether oxygens (including phenoxy) is 1. The first-order chi connectivity index (χ1) is 14.1. The van der Waals surface area contributed by atoms with Crippen molar-refractivity contribution >= 4 is 0 Å². The third-order valence-corrected chi connectivity index (χ3v) is 6.38. The minimum atomic E-state index is -0.238. The molecule has 0 saturated carbocycles. The van der Waals surface area contributed by atoms with Crippen LogP contribution in [-0.2, 0) is 0 Å². The van der Waals surface area contributed by atoms with E-state index in [1.807, 2.05) is 13.0 Å². The zero-order valence-corrected chi connectivity index (χ0v) is 19.8. The Hall–Kier alpha value is -1.05. The van der Waals surface area contributed by atoms with Crippen LogP contribution >= 0.6 is 0 Å². The topological polar surface area (TPSA) is 9.23 Å².